The summed E-state index contributed by atoms with van der Waals surface area (Å²) in [6.07, 6.45) is -0.698. The monoisotopic (exact) mass is 346 g/mol. The summed E-state index contributed by atoms with van der Waals surface area (Å²) in [5.74, 6) is -1.81. The highest BCUT2D eigenvalue weighted by molar-refractivity contribution is 5.81. The molecule has 2 amide bonds. The summed E-state index contributed by atoms with van der Waals surface area (Å²) in [5, 5.41) is 5.19. The first kappa shape index (κ1) is 16.9. The molecule has 2 aromatic rings. The number of halogens is 2. The summed E-state index contributed by atoms with van der Waals surface area (Å²) in [6.45, 7) is 0.0834. The van der Waals surface area contributed by atoms with Crippen LogP contribution >= 0.6 is 0 Å². The van der Waals surface area contributed by atoms with Gasteiger partial charge in [-0.3, -0.25) is 4.79 Å². The van der Waals surface area contributed by atoms with Crippen molar-refractivity contribution in [3.63, 3.8) is 0 Å². The average Bonchev–Trinajstić information content (AvgIpc) is 2.93. The maximum Gasteiger partial charge on any atom is 0.407 e. The van der Waals surface area contributed by atoms with Crippen molar-refractivity contribution in [1.29, 1.82) is 0 Å². The minimum Gasteiger partial charge on any atom is -0.445 e. The van der Waals surface area contributed by atoms with E-state index in [0.717, 1.165) is 23.8 Å². The van der Waals surface area contributed by atoms with E-state index in [1.807, 2.05) is 30.3 Å². The third-order valence-corrected chi connectivity index (χ3v) is 3.88. The third kappa shape index (κ3) is 4.32. The fourth-order valence-electron chi connectivity index (χ4n) is 2.77. The Morgan fingerprint density at radius 3 is 2.52 bits per heavy atom. The van der Waals surface area contributed by atoms with Crippen LogP contribution in [0.3, 0.4) is 0 Å². The second-order valence-corrected chi connectivity index (χ2v) is 5.76. The average molecular weight is 346 g/mol. The highest BCUT2D eigenvalue weighted by Crippen LogP contribution is 2.26. The van der Waals surface area contributed by atoms with Crippen molar-refractivity contribution in [2.75, 3.05) is 0 Å². The molecule has 1 saturated heterocycles. The molecule has 0 aromatic heterocycles. The number of alkyl carbamates (subject to hydrolysis) is 1. The van der Waals surface area contributed by atoms with Crippen LogP contribution in [0, 0.1) is 11.6 Å². The number of carbonyl (C=O) groups is 2. The Morgan fingerprint density at radius 2 is 1.84 bits per heavy atom. The van der Waals surface area contributed by atoms with E-state index >= 15 is 0 Å². The molecule has 5 nitrogen and oxygen atoms in total. The van der Waals surface area contributed by atoms with Crippen molar-refractivity contribution in [2.45, 2.75) is 25.1 Å². The van der Waals surface area contributed by atoms with Crippen molar-refractivity contribution in [2.24, 2.45) is 0 Å². The number of carbonyl (C=O) groups excluding carboxylic acids is 2. The Morgan fingerprint density at radius 1 is 1.16 bits per heavy atom. The van der Waals surface area contributed by atoms with Crippen molar-refractivity contribution < 1.29 is 23.1 Å². The first-order valence-electron chi connectivity index (χ1n) is 7.74. The Labute approximate surface area is 143 Å². The van der Waals surface area contributed by atoms with E-state index in [1.165, 1.54) is 0 Å². The Bertz CT molecular complexity index is 763. The normalized spacial score (nSPS) is 19.4. The molecule has 0 aliphatic carbocycles. The minimum absolute atomic E-state index is 0.00321. The Balaban J connectivity index is 1.65. The first-order chi connectivity index (χ1) is 12.0. The van der Waals surface area contributed by atoms with Crippen molar-refractivity contribution in [3.05, 3.63) is 71.3 Å². The zero-order valence-electron chi connectivity index (χ0n) is 13.2. The Kier molecular flexibility index (Phi) is 4.92. The van der Waals surface area contributed by atoms with Crippen LogP contribution in [0.15, 0.2) is 48.5 Å². The molecule has 1 heterocycles. The lowest BCUT2D eigenvalue weighted by Gasteiger charge is -2.20. The molecule has 2 N–H and O–H groups in total. The van der Waals surface area contributed by atoms with Gasteiger partial charge in [-0.15, -0.1) is 0 Å². The van der Waals surface area contributed by atoms with Gasteiger partial charge in [-0.1, -0.05) is 30.3 Å². The number of rotatable bonds is 4. The number of nitrogens with one attached hydrogen (secondary N) is 2. The number of hydrogen-bond donors (Lipinski definition) is 2. The van der Waals surface area contributed by atoms with E-state index in [9.17, 15) is 18.4 Å². The molecule has 0 unspecified atom stereocenters. The quantitative estimate of drug-likeness (QED) is 0.895. The van der Waals surface area contributed by atoms with Gasteiger partial charge in [0, 0.05) is 12.5 Å². The molecule has 0 bridgehead atoms. The molecule has 0 radical (unpaired) electrons. The molecule has 1 aliphatic heterocycles. The van der Waals surface area contributed by atoms with Crippen LogP contribution in [0.2, 0.25) is 0 Å². The first-order valence-corrected chi connectivity index (χ1v) is 7.74. The van der Waals surface area contributed by atoms with Crippen LogP contribution in [0.25, 0.3) is 0 Å². The van der Waals surface area contributed by atoms with Gasteiger partial charge in [-0.25, -0.2) is 13.6 Å². The fourth-order valence-corrected chi connectivity index (χ4v) is 2.77. The molecule has 1 fully saturated rings. The second kappa shape index (κ2) is 7.29. The van der Waals surface area contributed by atoms with E-state index in [4.69, 9.17) is 4.74 Å². The van der Waals surface area contributed by atoms with Gasteiger partial charge in [-0.2, -0.15) is 0 Å². The molecular weight excluding hydrogens is 330 g/mol. The largest absolute Gasteiger partial charge is 0.445 e. The molecule has 0 saturated carbocycles. The molecule has 2 aromatic carbocycles. The SMILES string of the molecule is O=C1C[C@@H](NC(=O)OCc2ccccc2)[C@H](c2cc(F)cc(F)c2)N1. The van der Waals surface area contributed by atoms with Gasteiger partial charge < -0.3 is 15.4 Å². The molecular formula is C18H16F2N2O3. The van der Waals surface area contributed by atoms with E-state index in [0.29, 0.717) is 0 Å². The molecule has 2 atom stereocenters. The van der Waals surface area contributed by atoms with Crippen LogP contribution in [0.1, 0.15) is 23.6 Å². The lowest BCUT2D eigenvalue weighted by molar-refractivity contribution is -0.119. The maximum atomic E-state index is 13.4. The summed E-state index contributed by atoms with van der Waals surface area (Å²) in [4.78, 5) is 23.6. The fraction of sp³-hybridized carbons (Fsp3) is 0.222. The van der Waals surface area contributed by atoms with Crippen LogP contribution < -0.4 is 10.6 Å². The molecule has 0 spiro atoms. The van der Waals surface area contributed by atoms with Gasteiger partial charge in [0.1, 0.15) is 18.2 Å². The highest BCUT2D eigenvalue weighted by atomic mass is 19.1. The standard InChI is InChI=1S/C18H16F2N2O3/c19-13-6-12(7-14(20)8-13)17-15(9-16(23)22-17)21-18(24)25-10-11-4-2-1-3-5-11/h1-8,15,17H,9-10H2,(H,21,24)(H,22,23)/t15-,17+/m1/s1. The molecule has 7 heteroatoms. The zero-order chi connectivity index (χ0) is 17.8. The number of benzene rings is 2. The molecule has 1 aliphatic rings. The number of hydrogen-bond acceptors (Lipinski definition) is 3. The van der Waals surface area contributed by atoms with Crippen LogP contribution in [-0.4, -0.2) is 18.0 Å². The molecule has 3 rings (SSSR count). The zero-order valence-corrected chi connectivity index (χ0v) is 13.2. The van der Waals surface area contributed by atoms with Crippen LogP contribution in [0.4, 0.5) is 13.6 Å². The van der Waals surface area contributed by atoms with Gasteiger partial charge in [0.25, 0.3) is 0 Å². The number of amides is 2. The lowest BCUT2D eigenvalue weighted by atomic mass is 10.0. The lowest BCUT2D eigenvalue weighted by Crippen LogP contribution is -2.38. The highest BCUT2D eigenvalue weighted by Gasteiger charge is 2.35. The van der Waals surface area contributed by atoms with Gasteiger partial charge in [0.2, 0.25) is 5.91 Å². The Hall–Kier alpha value is -2.96. The second-order valence-electron chi connectivity index (χ2n) is 5.76. The van der Waals surface area contributed by atoms with E-state index in [-0.39, 0.29) is 24.5 Å². The maximum absolute atomic E-state index is 13.4. The van der Waals surface area contributed by atoms with Crippen molar-refractivity contribution in [1.82, 2.24) is 10.6 Å². The third-order valence-electron chi connectivity index (χ3n) is 3.88. The van der Waals surface area contributed by atoms with E-state index < -0.39 is 29.8 Å². The van der Waals surface area contributed by atoms with Gasteiger partial charge in [0.15, 0.2) is 0 Å². The summed E-state index contributed by atoms with van der Waals surface area (Å²) in [6, 6.07) is 10.7. The smallest absolute Gasteiger partial charge is 0.407 e. The summed E-state index contributed by atoms with van der Waals surface area (Å²) < 4.78 is 31.9. The molecule has 130 valence electrons. The van der Waals surface area contributed by atoms with Crippen molar-refractivity contribution >= 4 is 12.0 Å². The van der Waals surface area contributed by atoms with Crippen molar-refractivity contribution in [3.8, 4) is 0 Å². The van der Waals surface area contributed by atoms with Crippen LogP contribution in [-0.2, 0) is 16.1 Å². The summed E-state index contributed by atoms with van der Waals surface area (Å²) in [5.41, 5.74) is 1.07. The van der Waals surface area contributed by atoms with E-state index in [1.54, 1.807) is 0 Å². The number of ether oxygens (including phenoxy) is 1. The van der Waals surface area contributed by atoms with E-state index in [2.05, 4.69) is 10.6 Å². The van der Waals surface area contributed by atoms with Gasteiger partial charge >= 0.3 is 6.09 Å². The topological polar surface area (TPSA) is 67.4 Å². The summed E-state index contributed by atoms with van der Waals surface area (Å²) >= 11 is 0. The van der Waals surface area contributed by atoms with Gasteiger partial charge in [0.05, 0.1) is 12.1 Å². The molecule has 25 heavy (non-hydrogen) atoms. The predicted molar refractivity (Wildman–Crippen MR) is 85.4 cm³/mol. The van der Waals surface area contributed by atoms with Gasteiger partial charge in [-0.05, 0) is 23.3 Å². The summed E-state index contributed by atoms with van der Waals surface area (Å²) in [7, 11) is 0. The predicted octanol–water partition coefficient (Wildman–Crippen LogP) is 2.82. The van der Waals surface area contributed by atoms with Crippen LogP contribution in [0.5, 0.6) is 0 Å². The minimum atomic E-state index is -0.749.